The number of hydrogen-bond donors (Lipinski definition) is 1. The number of imide groups is 1. The van der Waals surface area contributed by atoms with Crippen LogP contribution in [-0.4, -0.2) is 40.6 Å². The van der Waals surface area contributed by atoms with Crippen LogP contribution in [0.3, 0.4) is 0 Å². The summed E-state index contributed by atoms with van der Waals surface area (Å²) in [5.41, 5.74) is 1.31. The van der Waals surface area contributed by atoms with Gasteiger partial charge in [0.1, 0.15) is 0 Å². The lowest BCUT2D eigenvalue weighted by molar-refractivity contribution is -0.385. The molecule has 1 aliphatic heterocycles. The smallest absolute Gasteiger partial charge is 0.293 e. The van der Waals surface area contributed by atoms with Gasteiger partial charge in [-0.1, -0.05) is 42.5 Å². The van der Waals surface area contributed by atoms with E-state index < -0.39 is 16.1 Å². The zero-order valence-electron chi connectivity index (χ0n) is 19.6. The van der Waals surface area contributed by atoms with Crippen LogP contribution in [0.1, 0.15) is 11.1 Å². The standard InChI is InChI=1S/C26H21N3O7S/c1-35-22-13-17(11-12-21(22)36-16-24(30)27-19-8-3-2-4-9-19)14-23-25(31)28(26(32)37-23)15-18-7-5-6-10-20(18)29(33)34/h2-14H,15-16H2,1H3,(H,27,30)/b23-14+. The molecule has 10 nitrogen and oxygen atoms in total. The van der Waals surface area contributed by atoms with Crippen LogP contribution < -0.4 is 14.8 Å². The first-order valence-electron chi connectivity index (χ1n) is 11.0. The van der Waals surface area contributed by atoms with Crippen LogP contribution in [-0.2, 0) is 16.1 Å². The SMILES string of the molecule is COc1cc(/C=C2/SC(=O)N(Cc3ccccc3[N+](=O)[O-])C2=O)ccc1OCC(=O)Nc1ccccc1. The molecule has 0 bridgehead atoms. The van der Waals surface area contributed by atoms with Crippen molar-refractivity contribution in [3.8, 4) is 11.5 Å². The second-order valence-corrected chi connectivity index (χ2v) is 8.76. The van der Waals surface area contributed by atoms with E-state index in [0.717, 1.165) is 16.7 Å². The molecule has 3 aromatic rings. The number of hydrogen-bond acceptors (Lipinski definition) is 8. The molecule has 1 saturated heterocycles. The predicted octanol–water partition coefficient (Wildman–Crippen LogP) is 4.86. The minimum Gasteiger partial charge on any atom is -0.493 e. The maximum absolute atomic E-state index is 12.9. The minimum absolute atomic E-state index is 0.164. The molecule has 1 heterocycles. The van der Waals surface area contributed by atoms with Gasteiger partial charge in [-0.15, -0.1) is 0 Å². The molecular weight excluding hydrogens is 498 g/mol. The summed E-state index contributed by atoms with van der Waals surface area (Å²) in [6, 6.07) is 19.8. The normalized spacial score (nSPS) is 14.1. The van der Waals surface area contributed by atoms with Crippen LogP contribution in [0.15, 0.2) is 77.7 Å². The van der Waals surface area contributed by atoms with E-state index in [4.69, 9.17) is 9.47 Å². The van der Waals surface area contributed by atoms with Gasteiger partial charge in [-0.05, 0) is 47.7 Å². The maximum atomic E-state index is 12.9. The number of para-hydroxylation sites is 2. The number of carbonyl (C=O) groups excluding carboxylic acids is 3. The Hall–Kier alpha value is -4.64. The summed E-state index contributed by atoms with van der Waals surface area (Å²) in [7, 11) is 1.44. The number of methoxy groups -OCH3 is 1. The second kappa shape index (κ2) is 11.4. The molecule has 4 rings (SSSR count). The maximum Gasteiger partial charge on any atom is 0.293 e. The monoisotopic (exact) mass is 519 g/mol. The van der Waals surface area contributed by atoms with Gasteiger partial charge in [-0.2, -0.15) is 0 Å². The lowest BCUT2D eigenvalue weighted by Crippen LogP contribution is -2.27. The Kier molecular flexibility index (Phi) is 7.84. The third-order valence-electron chi connectivity index (χ3n) is 5.29. The minimum atomic E-state index is -0.551. The number of nitro groups is 1. The zero-order valence-corrected chi connectivity index (χ0v) is 20.4. The van der Waals surface area contributed by atoms with Crippen molar-refractivity contribution in [1.29, 1.82) is 0 Å². The van der Waals surface area contributed by atoms with Crippen molar-refractivity contribution in [2.24, 2.45) is 0 Å². The van der Waals surface area contributed by atoms with Crippen molar-refractivity contribution in [1.82, 2.24) is 4.90 Å². The number of nitrogens with zero attached hydrogens (tertiary/aromatic N) is 2. The Balaban J connectivity index is 1.45. The van der Waals surface area contributed by atoms with E-state index in [-0.39, 0.29) is 35.2 Å². The van der Waals surface area contributed by atoms with E-state index in [1.54, 1.807) is 48.5 Å². The van der Waals surface area contributed by atoms with E-state index in [9.17, 15) is 24.5 Å². The molecule has 0 atom stereocenters. The number of nitrogens with one attached hydrogen (secondary N) is 1. The number of carbonyl (C=O) groups is 3. The van der Waals surface area contributed by atoms with Gasteiger partial charge in [0, 0.05) is 17.3 Å². The van der Waals surface area contributed by atoms with Crippen molar-refractivity contribution in [3.63, 3.8) is 0 Å². The summed E-state index contributed by atoms with van der Waals surface area (Å²) in [5.74, 6) is -0.234. The number of anilines is 1. The molecule has 11 heteroatoms. The number of benzene rings is 3. The average molecular weight is 520 g/mol. The molecule has 0 unspecified atom stereocenters. The van der Waals surface area contributed by atoms with Crippen LogP contribution in [0, 0.1) is 10.1 Å². The summed E-state index contributed by atoms with van der Waals surface area (Å²) in [4.78, 5) is 49.4. The Morgan fingerprint density at radius 3 is 2.51 bits per heavy atom. The van der Waals surface area contributed by atoms with Crippen LogP contribution in [0.2, 0.25) is 0 Å². The molecule has 3 amide bonds. The molecule has 188 valence electrons. The molecule has 0 saturated carbocycles. The number of amides is 3. The fraction of sp³-hybridized carbons (Fsp3) is 0.115. The predicted molar refractivity (Wildman–Crippen MR) is 138 cm³/mol. The van der Waals surface area contributed by atoms with E-state index >= 15 is 0 Å². The van der Waals surface area contributed by atoms with E-state index in [2.05, 4.69) is 5.32 Å². The fourth-order valence-electron chi connectivity index (χ4n) is 3.54. The Labute approximate surface area is 216 Å². The summed E-state index contributed by atoms with van der Waals surface area (Å²) < 4.78 is 11.0. The average Bonchev–Trinajstić information content (AvgIpc) is 3.15. The van der Waals surface area contributed by atoms with Gasteiger partial charge < -0.3 is 14.8 Å². The molecule has 3 aromatic carbocycles. The highest BCUT2D eigenvalue weighted by Crippen LogP contribution is 2.36. The highest BCUT2D eigenvalue weighted by atomic mass is 32.2. The zero-order chi connectivity index (χ0) is 26.4. The summed E-state index contributed by atoms with van der Waals surface area (Å²) in [6.07, 6.45) is 1.53. The van der Waals surface area contributed by atoms with Crippen LogP contribution in [0.4, 0.5) is 16.2 Å². The number of ether oxygens (including phenoxy) is 2. The number of rotatable bonds is 9. The molecule has 1 fully saturated rings. The van der Waals surface area contributed by atoms with Gasteiger partial charge in [0.2, 0.25) is 0 Å². The van der Waals surface area contributed by atoms with Crippen LogP contribution in [0.5, 0.6) is 11.5 Å². The van der Waals surface area contributed by atoms with Crippen molar-refractivity contribution >= 4 is 46.3 Å². The molecule has 0 radical (unpaired) electrons. The first-order valence-corrected chi connectivity index (χ1v) is 11.8. The quantitative estimate of drug-likeness (QED) is 0.241. The van der Waals surface area contributed by atoms with Crippen LogP contribution >= 0.6 is 11.8 Å². The van der Waals surface area contributed by atoms with E-state index in [0.29, 0.717) is 22.7 Å². The topological polar surface area (TPSA) is 128 Å². The third-order valence-corrected chi connectivity index (χ3v) is 6.20. The van der Waals surface area contributed by atoms with E-state index in [1.165, 1.54) is 31.4 Å². The molecular formula is C26H21N3O7S. The number of nitro benzene ring substituents is 1. The van der Waals surface area contributed by atoms with Crippen molar-refractivity contribution in [2.75, 3.05) is 19.0 Å². The highest BCUT2D eigenvalue weighted by molar-refractivity contribution is 8.18. The molecule has 0 aromatic heterocycles. The van der Waals surface area contributed by atoms with Crippen LogP contribution in [0.25, 0.3) is 6.08 Å². The molecule has 37 heavy (non-hydrogen) atoms. The van der Waals surface area contributed by atoms with Gasteiger partial charge in [0.15, 0.2) is 18.1 Å². The van der Waals surface area contributed by atoms with Crippen molar-refractivity contribution < 1.29 is 28.8 Å². The Morgan fingerprint density at radius 2 is 1.78 bits per heavy atom. The van der Waals surface area contributed by atoms with Crippen molar-refractivity contribution in [2.45, 2.75) is 6.54 Å². The molecule has 0 spiro atoms. The summed E-state index contributed by atoms with van der Waals surface area (Å²) >= 11 is 0.747. The van der Waals surface area contributed by atoms with Gasteiger partial charge in [0.05, 0.1) is 23.5 Å². The van der Waals surface area contributed by atoms with Gasteiger partial charge in [-0.25, -0.2) is 0 Å². The van der Waals surface area contributed by atoms with Gasteiger partial charge in [0.25, 0.3) is 22.7 Å². The Bertz CT molecular complexity index is 1390. The summed E-state index contributed by atoms with van der Waals surface area (Å²) in [5, 5.41) is 13.5. The first-order chi connectivity index (χ1) is 17.9. The lowest BCUT2D eigenvalue weighted by Gasteiger charge is -2.12. The fourth-order valence-corrected chi connectivity index (χ4v) is 4.37. The summed E-state index contributed by atoms with van der Waals surface area (Å²) in [6.45, 7) is -0.449. The first kappa shape index (κ1) is 25.5. The van der Waals surface area contributed by atoms with Crippen molar-refractivity contribution in [3.05, 3.63) is 98.9 Å². The second-order valence-electron chi connectivity index (χ2n) is 7.77. The largest absolute Gasteiger partial charge is 0.493 e. The third kappa shape index (κ3) is 6.14. The van der Waals surface area contributed by atoms with E-state index in [1.807, 2.05) is 6.07 Å². The lowest BCUT2D eigenvalue weighted by atomic mass is 10.1. The van der Waals surface area contributed by atoms with Gasteiger partial charge >= 0.3 is 0 Å². The molecule has 0 aliphatic carbocycles. The molecule has 1 aliphatic rings. The van der Waals surface area contributed by atoms with Gasteiger partial charge in [-0.3, -0.25) is 29.4 Å². The highest BCUT2D eigenvalue weighted by Gasteiger charge is 2.36. The Morgan fingerprint density at radius 1 is 1.05 bits per heavy atom. The molecule has 1 N–H and O–H groups in total. The number of thioether (sulfide) groups is 1.